The summed E-state index contributed by atoms with van der Waals surface area (Å²) in [6.07, 6.45) is 102. The summed E-state index contributed by atoms with van der Waals surface area (Å²) in [5.74, 6) is 1.50. The molecule has 0 heterocycles. The van der Waals surface area contributed by atoms with Crippen LogP contribution in [0.3, 0.4) is 0 Å². The van der Waals surface area contributed by atoms with E-state index in [-0.39, 0.29) is 0 Å². The van der Waals surface area contributed by atoms with Crippen molar-refractivity contribution in [3.8, 4) is 0 Å². The largest absolute Gasteiger partial charge is 0.481 e. The van der Waals surface area contributed by atoms with Gasteiger partial charge in [-0.25, -0.2) is 0 Å². The fraction of sp³-hybridized carbons (Fsp3) is 0.988. The highest BCUT2D eigenvalue weighted by atomic mass is 16.5. The predicted octanol–water partition coefficient (Wildman–Crippen LogP) is 29.9. The second-order valence-corrected chi connectivity index (χ2v) is 30.7. The number of hydrogen-bond donors (Lipinski definition) is 2. The van der Waals surface area contributed by atoms with E-state index in [9.17, 15) is 15.0 Å². The molecule has 0 aromatic rings. The molecule has 0 aliphatic heterocycles. The van der Waals surface area contributed by atoms with Crippen LogP contribution in [0.1, 0.15) is 496 Å². The van der Waals surface area contributed by atoms with Crippen LogP contribution < -0.4 is 0 Å². The molecule has 0 amide bonds. The Hall–Kier alpha value is -0.610. The molecule has 1 rings (SSSR count). The van der Waals surface area contributed by atoms with E-state index in [1.165, 1.54) is 430 Å². The van der Waals surface area contributed by atoms with Crippen LogP contribution in [0.2, 0.25) is 0 Å². The lowest BCUT2D eigenvalue weighted by molar-refractivity contribution is -0.146. The topological polar surface area (TPSA) is 66.8 Å². The molecule has 0 spiro atoms. The number of rotatable bonds is 79. The minimum Gasteiger partial charge on any atom is -0.481 e. The Morgan fingerprint density at radius 1 is 0.303 bits per heavy atom. The zero-order valence-electron chi connectivity index (χ0n) is 62.0. The van der Waals surface area contributed by atoms with E-state index < -0.39 is 18.0 Å². The van der Waals surface area contributed by atoms with Crippen molar-refractivity contribution >= 4 is 5.97 Å². The van der Waals surface area contributed by atoms with Crippen molar-refractivity contribution < 1.29 is 19.7 Å². The molecule has 2 N–H and O–H groups in total. The molecule has 0 aromatic heterocycles. The number of carboxylic acids is 1. The molecule has 1 aliphatic carbocycles. The van der Waals surface area contributed by atoms with E-state index in [1.807, 2.05) is 7.11 Å². The Bertz CT molecular complexity index is 1330. The van der Waals surface area contributed by atoms with E-state index >= 15 is 0 Å². The van der Waals surface area contributed by atoms with Crippen molar-refractivity contribution in [3.05, 3.63) is 0 Å². The van der Waals surface area contributed by atoms with E-state index in [2.05, 4.69) is 20.8 Å². The van der Waals surface area contributed by atoms with Gasteiger partial charge < -0.3 is 14.9 Å². The molecule has 532 valence electrons. The summed E-state index contributed by atoms with van der Waals surface area (Å²) < 4.78 is 5.98. The van der Waals surface area contributed by atoms with Crippen molar-refractivity contribution in [1.29, 1.82) is 0 Å². The summed E-state index contributed by atoms with van der Waals surface area (Å²) in [7, 11) is 1.96. The van der Waals surface area contributed by atoms with Crippen molar-refractivity contribution in [3.63, 3.8) is 0 Å². The molecule has 1 aliphatic rings. The third-order valence-corrected chi connectivity index (χ3v) is 22.1. The minimum atomic E-state index is -0.798. The number of carboxylic acid groups (broad SMARTS) is 1. The number of aliphatic carboxylic acids is 1. The number of methoxy groups -OCH3 is 1. The van der Waals surface area contributed by atoms with Gasteiger partial charge in [0.15, 0.2) is 0 Å². The van der Waals surface area contributed by atoms with E-state index in [0.29, 0.717) is 24.9 Å². The lowest BCUT2D eigenvalue weighted by Crippen LogP contribution is -2.28. The minimum absolute atomic E-state index is 0.470. The third kappa shape index (κ3) is 63.2. The lowest BCUT2D eigenvalue weighted by atomic mass is 9.91. The summed E-state index contributed by atoms with van der Waals surface area (Å²) >= 11 is 0. The number of ether oxygens (including phenoxy) is 1. The summed E-state index contributed by atoms with van der Waals surface area (Å²) in [5.41, 5.74) is 0. The van der Waals surface area contributed by atoms with Crippen LogP contribution in [0, 0.1) is 23.7 Å². The van der Waals surface area contributed by atoms with E-state index in [0.717, 1.165) is 37.5 Å². The molecular weight excluding hydrogens is 1080 g/mol. The highest BCUT2D eigenvalue weighted by Gasteiger charge is 2.35. The average molecular weight is 1250 g/mol. The Kier molecular flexibility index (Phi) is 69.6. The third-order valence-electron chi connectivity index (χ3n) is 22.1. The highest BCUT2D eigenvalue weighted by molar-refractivity contribution is 5.70. The molecular formula is C85H168O4. The highest BCUT2D eigenvalue weighted by Crippen LogP contribution is 2.46. The molecule has 0 bridgehead atoms. The van der Waals surface area contributed by atoms with Gasteiger partial charge in [-0.1, -0.05) is 464 Å². The van der Waals surface area contributed by atoms with E-state index in [4.69, 9.17) is 4.74 Å². The van der Waals surface area contributed by atoms with Gasteiger partial charge in [0.05, 0.1) is 18.1 Å². The first kappa shape index (κ1) is 86.4. The van der Waals surface area contributed by atoms with Crippen LogP contribution in [-0.4, -0.2) is 35.5 Å². The van der Waals surface area contributed by atoms with Crippen molar-refractivity contribution in [2.45, 2.75) is 508 Å². The molecule has 89 heavy (non-hydrogen) atoms. The SMILES string of the molecule is CCCCCCCCCCCCCCCCCCCCCCCC[C@@H](C(=O)O)[C@H](O)CCCCCCCCCCCCCCCCC[C@@H]1CC1CCCCCCCCCCCCCCCC[C@H](OC)[C@H](C)CCCCCCCCCCCCCCCCCC. The first-order chi connectivity index (χ1) is 43.9. The zero-order chi connectivity index (χ0) is 64.1. The molecule has 1 saturated carbocycles. The monoisotopic (exact) mass is 1250 g/mol. The quantitative estimate of drug-likeness (QED) is 0.0596. The maximum absolute atomic E-state index is 12.0. The summed E-state index contributed by atoms with van der Waals surface area (Å²) in [5, 5.41) is 20.6. The van der Waals surface area contributed by atoms with Gasteiger partial charge in [-0.15, -0.1) is 0 Å². The number of hydrogen-bond acceptors (Lipinski definition) is 3. The van der Waals surface area contributed by atoms with Crippen LogP contribution in [0.15, 0.2) is 0 Å². The van der Waals surface area contributed by atoms with Gasteiger partial charge in [-0.05, 0) is 49.9 Å². The average Bonchev–Trinajstić information content (AvgIpc) is 4.32. The molecule has 0 radical (unpaired) electrons. The van der Waals surface area contributed by atoms with Crippen LogP contribution in [0.4, 0.5) is 0 Å². The van der Waals surface area contributed by atoms with Crippen molar-refractivity contribution in [1.82, 2.24) is 0 Å². The number of unbranched alkanes of at least 4 members (excludes halogenated alkanes) is 63. The second kappa shape index (κ2) is 71.7. The van der Waals surface area contributed by atoms with Crippen LogP contribution in [-0.2, 0) is 9.53 Å². The van der Waals surface area contributed by atoms with Crippen LogP contribution in [0.25, 0.3) is 0 Å². The maximum Gasteiger partial charge on any atom is 0.309 e. The van der Waals surface area contributed by atoms with Gasteiger partial charge in [0.1, 0.15) is 0 Å². The van der Waals surface area contributed by atoms with Crippen molar-refractivity contribution in [2.75, 3.05) is 7.11 Å². The standard InChI is InChI=1S/C85H168O4/c1-5-7-9-11-13-15-17-19-21-23-24-25-26-27-28-32-39-45-51-57-63-69-75-82(85(87)88)83(86)76-70-64-58-52-46-40-33-29-31-37-43-49-55-61-67-73-80-78-81(80)74-68-62-56-50-44-38-34-35-41-47-53-59-65-71-77-84(89-4)79(3)72-66-60-54-48-42-36-30-22-20-18-16-14-12-10-8-6-2/h79-84,86H,5-78H2,1-4H3,(H,87,88)/t79-,80-,81?,82-,83-,84+/m1/s1. The molecule has 4 heteroatoms. The summed E-state index contributed by atoms with van der Waals surface area (Å²) in [4.78, 5) is 12.0. The molecule has 0 aromatic carbocycles. The Morgan fingerprint density at radius 2 is 0.506 bits per heavy atom. The van der Waals surface area contributed by atoms with Gasteiger partial charge in [0, 0.05) is 7.11 Å². The molecule has 6 atom stereocenters. The second-order valence-electron chi connectivity index (χ2n) is 30.7. The first-order valence-corrected chi connectivity index (χ1v) is 42.4. The Balaban J connectivity index is 1.76. The molecule has 4 nitrogen and oxygen atoms in total. The van der Waals surface area contributed by atoms with Gasteiger partial charge in [0.2, 0.25) is 0 Å². The zero-order valence-corrected chi connectivity index (χ0v) is 62.0. The van der Waals surface area contributed by atoms with Gasteiger partial charge in [0.25, 0.3) is 0 Å². The summed E-state index contributed by atoms with van der Waals surface area (Å²) in [6, 6.07) is 0. The van der Waals surface area contributed by atoms with Crippen molar-refractivity contribution in [2.24, 2.45) is 23.7 Å². The van der Waals surface area contributed by atoms with E-state index in [1.54, 1.807) is 6.42 Å². The number of aliphatic hydroxyl groups excluding tert-OH is 1. The normalized spacial score (nSPS) is 15.5. The summed E-state index contributed by atoms with van der Waals surface area (Å²) in [6.45, 7) is 7.06. The number of carbonyl (C=O) groups is 1. The van der Waals surface area contributed by atoms with Gasteiger partial charge in [-0.2, -0.15) is 0 Å². The Labute approximate surface area is 561 Å². The predicted molar refractivity (Wildman–Crippen MR) is 397 cm³/mol. The number of aliphatic hydroxyl groups is 1. The first-order valence-electron chi connectivity index (χ1n) is 42.4. The van der Waals surface area contributed by atoms with Crippen LogP contribution >= 0.6 is 0 Å². The smallest absolute Gasteiger partial charge is 0.309 e. The molecule has 1 unspecified atom stereocenters. The fourth-order valence-corrected chi connectivity index (χ4v) is 15.4. The maximum atomic E-state index is 12.0. The fourth-order valence-electron chi connectivity index (χ4n) is 15.4. The van der Waals surface area contributed by atoms with Crippen LogP contribution in [0.5, 0.6) is 0 Å². The van der Waals surface area contributed by atoms with Gasteiger partial charge in [-0.3, -0.25) is 4.79 Å². The van der Waals surface area contributed by atoms with Gasteiger partial charge >= 0.3 is 5.97 Å². The molecule has 1 fully saturated rings. The molecule has 0 saturated heterocycles. The lowest BCUT2D eigenvalue weighted by Gasteiger charge is -2.22. The Morgan fingerprint density at radius 3 is 0.742 bits per heavy atom.